The summed E-state index contributed by atoms with van der Waals surface area (Å²) in [7, 11) is 1.48. The number of aromatic nitrogens is 1. The predicted molar refractivity (Wildman–Crippen MR) is 82.4 cm³/mol. The average molecular weight is 323 g/mol. The van der Waals surface area contributed by atoms with Crippen LogP contribution in [0.1, 0.15) is 6.42 Å². The van der Waals surface area contributed by atoms with Crippen LogP contribution in [0.15, 0.2) is 30.5 Å². The molecule has 1 aliphatic rings. The molecule has 0 atom stereocenters. The average Bonchev–Trinajstić information content (AvgIpc) is 2.88. The summed E-state index contributed by atoms with van der Waals surface area (Å²) in [6.45, 7) is -0.275. The lowest BCUT2D eigenvalue weighted by Gasteiger charge is -2.20. The highest BCUT2D eigenvalue weighted by Gasteiger charge is 2.39. The van der Waals surface area contributed by atoms with E-state index in [0.29, 0.717) is 11.3 Å². The number of hydrogen-bond acceptors (Lipinski definition) is 4. The Kier molecular flexibility index (Phi) is 3.79. The third-order valence-electron chi connectivity index (χ3n) is 3.90. The molecule has 0 saturated carbocycles. The molecule has 0 radical (unpaired) electrons. The van der Waals surface area contributed by atoms with Crippen LogP contribution in [-0.2, 0) is 0 Å². The highest BCUT2D eigenvalue weighted by molar-refractivity contribution is 5.84. The maximum Gasteiger partial charge on any atom is 0.266 e. The lowest BCUT2D eigenvalue weighted by Crippen LogP contribution is -2.26. The monoisotopic (exact) mass is 323 g/mol. The van der Waals surface area contributed by atoms with E-state index in [1.54, 1.807) is 6.07 Å². The summed E-state index contributed by atoms with van der Waals surface area (Å²) in [4.78, 5) is 5.53. The van der Waals surface area contributed by atoms with Crippen molar-refractivity contribution >= 4 is 11.5 Å². The minimum Gasteiger partial charge on any atom is -0.497 e. The first-order chi connectivity index (χ1) is 10.9. The minimum atomic E-state index is -2.76. The number of benzene rings is 1. The van der Waals surface area contributed by atoms with Gasteiger partial charge in [-0.1, -0.05) is 0 Å². The van der Waals surface area contributed by atoms with Crippen molar-refractivity contribution in [1.82, 2.24) is 4.98 Å². The Morgan fingerprint density at radius 1 is 1.26 bits per heavy atom. The number of nitrogens with zero attached hydrogens (tertiary/aromatic N) is 2. The Morgan fingerprint density at radius 2 is 2.04 bits per heavy atom. The highest BCUT2D eigenvalue weighted by Crippen LogP contribution is 2.38. The van der Waals surface area contributed by atoms with Gasteiger partial charge in [-0.25, -0.2) is 18.2 Å². The predicted octanol–water partition coefficient (Wildman–Crippen LogP) is 3.32. The fraction of sp³-hybridized carbons (Fsp3) is 0.312. The van der Waals surface area contributed by atoms with Crippen molar-refractivity contribution < 1.29 is 17.9 Å². The fourth-order valence-corrected chi connectivity index (χ4v) is 2.70. The number of nitrogen functional groups attached to an aromatic ring is 1. The molecule has 2 heterocycles. The van der Waals surface area contributed by atoms with Crippen molar-refractivity contribution in [3.63, 3.8) is 0 Å². The zero-order chi connectivity index (χ0) is 16.6. The van der Waals surface area contributed by atoms with Crippen LogP contribution in [0.2, 0.25) is 0 Å². The van der Waals surface area contributed by atoms with Crippen LogP contribution in [0.5, 0.6) is 5.75 Å². The van der Waals surface area contributed by atoms with Gasteiger partial charge in [0.1, 0.15) is 11.6 Å². The normalized spacial score (nSPS) is 16.6. The molecule has 0 spiro atoms. The van der Waals surface area contributed by atoms with Crippen LogP contribution in [0.4, 0.5) is 24.7 Å². The van der Waals surface area contributed by atoms with Gasteiger partial charge in [-0.2, -0.15) is 0 Å². The molecular weight excluding hydrogens is 307 g/mol. The Morgan fingerprint density at radius 3 is 2.70 bits per heavy atom. The van der Waals surface area contributed by atoms with Crippen LogP contribution >= 0.6 is 0 Å². The molecule has 4 nitrogen and oxygen atoms in total. The number of pyridine rings is 1. The molecule has 1 aromatic carbocycles. The van der Waals surface area contributed by atoms with Gasteiger partial charge in [-0.05, 0) is 24.3 Å². The van der Waals surface area contributed by atoms with Crippen molar-refractivity contribution in [2.24, 2.45) is 0 Å². The van der Waals surface area contributed by atoms with Gasteiger partial charge in [-0.3, -0.25) is 0 Å². The SMILES string of the molecule is COc1ccc(F)c(-c2ccnc(N3CCC(F)(F)C3)c2N)c1. The van der Waals surface area contributed by atoms with E-state index in [1.807, 2.05) is 0 Å². The number of nitrogens with two attached hydrogens (primary N) is 1. The van der Waals surface area contributed by atoms with E-state index >= 15 is 0 Å². The topological polar surface area (TPSA) is 51.4 Å². The third-order valence-corrected chi connectivity index (χ3v) is 3.90. The summed E-state index contributed by atoms with van der Waals surface area (Å²) < 4.78 is 46.1. The number of halogens is 3. The quantitative estimate of drug-likeness (QED) is 0.941. The van der Waals surface area contributed by atoms with Crippen LogP contribution in [0, 0.1) is 5.82 Å². The molecule has 1 saturated heterocycles. The van der Waals surface area contributed by atoms with E-state index < -0.39 is 18.3 Å². The summed E-state index contributed by atoms with van der Waals surface area (Å²) in [5, 5.41) is 0. The van der Waals surface area contributed by atoms with Gasteiger partial charge in [0, 0.05) is 30.3 Å². The van der Waals surface area contributed by atoms with E-state index in [4.69, 9.17) is 10.5 Å². The van der Waals surface area contributed by atoms with Gasteiger partial charge in [0.15, 0.2) is 5.82 Å². The molecule has 1 fully saturated rings. The van der Waals surface area contributed by atoms with Crippen LogP contribution in [-0.4, -0.2) is 31.1 Å². The molecular formula is C16H16F3N3O. The Hall–Kier alpha value is -2.44. The van der Waals surface area contributed by atoms with E-state index in [9.17, 15) is 13.2 Å². The van der Waals surface area contributed by atoms with Crippen molar-refractivity contribution in [1.29, 1.82) is 0 Å². The van der Waals surface area contributed by atoms with Crippen molar-refractivity contribution in [2.45, 2.75) is 12.3 Å². The summed E-state index contributed by atoms with van der Waals surface area (Å²) in [5.41, 5.74) is 6.92. The van der Waals surface area contributed by atoms with Crippen LogP contribution in [0.3, 0.4) is 0 Å². The maximum atomic E-state index is 14.1. The molecule has 1 aliphatic heterocycles. The number of anilines is 2. The number of methoxy groups -OCH3 is 1. The first-order valence-electron chi connectivity index (χ1n) is 7.12. The molecule has 0 aliphatic carbocycles. The second kappa shape index (κ2) is 5.64. The summed E-state index contributed by atoms with van der Waals surface area (Å²) >= 11 is 0. The number of rotatable bonds is 3. The second-order valence-corrected chi connectivity index (χ2v) is 5.47. The molecule has 2 N–H and O–H groups in total. The first-order valence-corrected chi connectivity index (χ1v) is 7.12. The van der Waals surface area contributed by atoms with Gasteiger partial charge >= 0.3 is 0 Å². The zero-order valence-corrected chi connectivity index (χ0v) is 12.5. The lowest BCUT2D eigenvalue weighted by atomic mass is 10.0. The van der Waals surface area contributed by atoms with Gasteiger partial charge < -0.3 is 15.4 Å². The first kappa shape index (κ1) is 15.5. The standard InChI is InChI=1S/C16H16F3N3O/c1-23-10-2-3-13(17)12(8-10)11-4-6-21-15(14(11)20)22-7-5-16(18,19)9-22/h2-4,6,8H,5,7,9,20H2,1H3. The Labute approximate surface area is 131 Å². The zero-order valence-electron chi connectivity index (χ0n) is 12.5. The minimum absolute atomic E-state index is 0.161. The van der Waals surface area contributed by atoms with Crippen LogP contribution < -0.4 is 15.4 Å². The van der Waals surface area contributed by atoms with Gasteiger partial charge in [-0.15, -0.1) is 0 Å². The van der Waals surface area contributed by atoms with E-state index in [-0.39, 0.29) is 30.0 Å². The molecule has 7 heteroatoms. The molecule has 0 amide bonds. The van der Waals surface area contributed by atoms with Crippen LogP contribution in [0.25, 0.3) is 11.1 Å². The summed E-state index contributed by atoms with van der Waals surface area (Å²) in [6.07, 6.45) is 1.20. The smallest absolute Gasteiger partial charge is 0.266 e. The van der Waals surface area contributed by atoms with Crippen molar-refractivity contribution in [3.05, 3.63) is 36.3 Å². The summed E-state index contributed by atoms with van der Waals surface area (Å²) in [6, 6.07) is 5.85. The van der Waals surface area contributed by atoms with E-state index in [1.165, 1.54) is 36.4 Å². The largest absolute Gasteiger partial charge is 0.497 e. The van der Waals surface area contributed by atoms with Gasteiger partial charge in [0.05, 0.1) is 19.3 Å². The Bertz CT molecular complexity index is 737. The number of ether oxygens (including phenoxy) is 1. The van der Waals surface area contributed by atoms with E-state index in [0.717, 1.165) is 0 Å². The fourth-order valence-electron chi connectivity index (χ4n) is 2.70. The lowest BCUT2D eigenvalue weighted by molar-refractivity contribution is 0.0257. The van der Waals surface area contributed by atoms with Crippen molar-refractivity contribution in [2.75, 3.05) is 30.8 Å². The second-order valence-electron chi connectivity index (χ2n) is 5.47. The molecule has 23 heavy (non-hydrogen) atoms. The number of hydrogen-bond donors (Lipinski definition) is 1. The molecule has 122 valence electrons. The molecule has 2 aromatic rings. The number of alkyl halides is 2. The molecule has 0 unspecified atom stereocenters. The van der Waals surface area contributed by atoms with Crippen molar-refractivity contribution in [3.8, 4) is 16.9 Å². The van der Waals surface area contributed by atoms with Gasteiger partial charge in [0.25, 0.3) is 5.92 Å². The molecule has 3 rings (SSSR count). The third kappa shape index (κ3) is 2.91. The highest BCUT2D eigenvalue weighted by atomic mass is 19.3. The molecule has 1 aromatic heterocycles. The van der Waals surface area contributed by atoms with E-state index in [2.05, 4.69) is 4.98 Å². The molecule has 0 bridgehead atoms. The summed E-state index contributed by atoms with van der Waals surface area (Å²) in [5.74, 6) is -2.50. The Balaban J connectivity index is 2.04. The maximum absolute atomic E-state index is 14.1. The van der Waals surface area contributed by atoms with Gasteiger partial charge in [0.2, 0.25) is 0 Å².